The Kier molecular flexibility index (Phi) is 6.03. The summed E-state index contributed by atoms with van der Waals surface area (Å²) in [6.45, 7) is 11.3. The molecule has 0 bridgehead atoms. The van der Waals surface area contributed by atoms with Crippen LogP contribution in [0, 0.1) is 13.8 Å². The Morgan fingerprint density at radius 2 is 1.72 bits per heavy atom. The Morgan fingerprint density at radius 1 is 1.17 bits per heavy atom. The smallest absolute Gasteiger partial charge is 0.0489 e. The maximum Gasteiger partial charge on any atom is 0.0489 e. The molecule has 0 aliphatic rings. The molecule has 1 N–H and O–H groups in total. The number of benzene rings is 1. The zero-order valence-corrected chi connectivity index (χ0v) is 12.9. The molecule has 0 saturated heterocycles. The second-order valence-corrected chi connectivity index (χ2v) is 6.87. The molecule has 3 unspecified atom stereocenters. The fourth-order valence-corrected chi connectivity index (χ4v) is 3.47. The lowest BCUT2D eigenvalue weighted by Crippen LogP contribution is -2.38. The van der Waals surface area contributed by atoms with Crippen LogP contribution in [-0.2, 0) is 16.6 Å². The summed E-state index contributed by atoms with van der Waals surface area (Å²) in [6, 6.07) is 6.71. The lowest BCUT2D eigenvalue weighted by molar-refractivity contribution is 0.549. The van der Waals surface area contributed by atoms with E-state index in [0.717, 1.165) is 6.54 Å². The van der Waals surface area contributed by atoms with Crippen LogP contribution in [0.1, 0.15) is 37.5 Å². The van der Waals surface area contributed by atoms with Crippen LogP contribution in [0.5, 0.6) is 0 Å². The van der Waals surface area contributed by atoms with Gasteiger partial charge in [0, 0.05) is 27.8 Å². The van der Waals surface area contributed by atoms with Gasteiger partial charge in [0.05, 0.1) is 0 Å². The number of hydrogen-bond donors (Lipinski definition) is 1. The van der Waals surface area contributed by atoms with Gasteiger partial charge in [-0.2, -0.15) is 0 Å². The van der Waals surface area contributed by atoms with Crippen molar-refractivity contribution in [2.24, 2.45) is 0 Å². The molecule has 0 aromatic heterocycles. The van der Waals surface area contributed by atoms with E-state index in [1.54, 1.807) is 0 Å². The highest BCUT2D eigenvalue weighted by Gasteiger charge is 2.18. The van der Waals surface area contributed by atoms with Crippen molar-refractivity contribution in [1.29, 1.82) is 0 Å². The first-order valence-electron chi connectivity index (χ1n) is 6.61. The summed E-state index contributed by atoms with van der Waals surface area (Å²) in [4.78, 5) is 0. The van der Waals surface area contributed by atoms with Crippen molar-refractivity contribution in [2.45, 2.75) is 51.7 Å². The minimum atomic E-state index is -0.826. The van der Waals surface area contributed by atoms with Gasteiger partial charge in [-0.25, -0.2) is 0 Å². The Hall–Kier alpha value is -0.670. The molecule has 3 atom stereocenters. The first-order chi connectivity index (χ1) is 8.43. The Balaban J connectivity index is 2.69. The van der Waals surface area contributed by atoms with Crippen molar-refractivity contribution >= 4 is 10.8 Å². The summed E-state index contributed by atoms with van der Waals surface area (Å²) >= 11 is 0. The molecule has 1 aromatic carbocycles. The second-order valence-electron chi connectivity index (χ2n) is 5.07. The van der Waals surface area contributed by atoms with E-state index in [2.05, 4.69) is 58.1 Å². The predicted molar refractivity (Wildman–Crippen MR) is 80.4 cm³/mol. The third-order valence-electron chi connectivity index (χ3n) is 3.24. The zero-order chi connectivity index (χ0) is 13.7. The molecule has 0 fully saturated rings. The first kappa shape index (κ1) is 15.4. The van der Waals surface area contributed by atoms with E-state index in [0.29, 0.717) is 11.8 Å². The standard InChI is InChI=1S/C15H25NOS/c1-6-16-13(4)14(5)18(17)10-15-8-11(2)7-12(3)9-15/h7-9,13-14,16H,6,10H2,1-5H3. The normalized spacial score (nSPS) is 16.3. The quantitative estimate of drug-likeness (QED) is 0.858. The van der Waals surface area contributed by atoms with Gasteiger partial charge in [0.25, 0.3) is 0 Å². The topological polar surface area (TPSA) is 29.1 Å². The fraction of sp³-hybridized carbons (Fsp3) is 0.600. The molecular formula is C15H25NOS. The van der Waals surface area contributed by atoms with Crippen molar-refractivity contribution < 1.29 is 4.21 Å². The third-order valence-corrected chi connectivity index (χ3v) is 5.09. The molecule has 102 valence electrons. The Labute approximate surface area is 114 Å². The average molecular weight is 267 g/mol. The number of hydrogen-bond acceptors (Lipinski definition) is 2. The molecule has 2 nitrogen and oxygen atoms in total. The Morgan fingerprint density at radius 3 is 2.22 bits per heavy atom. The SMILES string of the molecule is CCNC(C)C(C)S(=O)Cc1cc(C)cc(C)c1. The van der Waals surface area contributed by atoms with Crippen molar-refractivity contribution in [3.05, 3.63) is 34.9 Å². The van der Waals surface area contributed by atoms with Crippen LogP contribution in [0.2, 0.25) is 0 Å². The Bertz CT molecular complexity index is 397. The van der Waals surface area contributed by atoms with Crippen LogP contribution in [0.3, 0.4) is 0 Å². The number of rotatable bonds is 6. The predicted octanol–water partition coefficient (Wildman–Crippen LogP) is 2.94. The van der Waals surface area contributed by atoms with E-state index in [1.165, 1.54) is 16.7 Å². The molecule has 1 aromatic rings. The average Bonchev–Trinajstić information content (AvgIpc) is 2.26. The summed E-state index contributed by atoms with van der Waals surface area (Å²) < 4.78 is 12.3. The van der Waals surface area contributed by atoms with Gasteiger partial charge in [0.15, 0.2) is 0 Å². The lowest BCUT2D eigenvalue weighted by atomic mass is 10.1. The van der Waals surface area contributed by atoms with Gasteiger partial charge in [-0.15, -0.1) is 0 Å². The molecule has 0 aliphatic heterocycles. The fourth-order valence-electron chi connectivity index (χ4n) is 2.16. The van der Waals surface area contributed by atoms with Gasteiger partial charge in [0.1, 0.15) is 0 Å². The third kappa shape index (κ3) is 4.54. The van der Waals surface area contributed by atoms with Crippen LogP contribution in [0.25, 0.3) is 0 Å². The van der Waals surface area contributed by atoms with Gasteiger partial charge >= 0.3 is 0 Å². The van der Waals surface area contributed by atoms with Crippen molar-refractivity contribution in [2.75, 3.05) is 6.54 Å². The lowest BCUT2D eigenvalue weighted by Gasteiger charge is -2.20. The minimum absolute atomic E-state index is 0.172. The van der Waals surface area contributed by atoms with Gasteiger partial charge < -0.3 is 5.32 Å². The number of aryl methyl sites for hydroxylation is 2. The van der Waals surface area contributed by atoms with Crippen molar-refractivity contribution in [3.63, 3.8) is 0 Å². The van der Waals surface area contributed by atoms with Gasteiger partial charge in [-0.3, -0.25) is 4.21 Å². The van der Waals surface area contributed by atoms with E-state index >= 15 is 0 Å². The highest BCUT2D eigenvalue weighted by molar-refractivity contribution is 7.84. The molecule has 3 heteroatoms. The molecule has 0 spiro atoms. The van der Waals surface area contributed by atoms with Gasteiger partial charge in [-0.1, -0.05) is 36.2 Å². The van der Waals surface area contributed by atoms with Crippen molar-refractivity contribution in [1.82, 2.24) is 5.32 Å². The van der Waals surface area contributed by atoms with E-state index in [1.807, 2.05) is 0 Å². The second kappa shape index (κ2) is 7.05. The van der Waals surface area contributed by atoms with Gasteiger partial charge in [0.2, 0.25) is 0 Å². The maximum absolute atomic E-state index is 12.3. The summed E-state index contributed by atoms with van der Waals surface area (Å²) in [5.74, 6) is 0.652. The van der Waals surface area contributed by atoms with E-state index in [9.17, 15) is 4.21 Å². The molecule has 0 saturated carbocycles. The highest BCUT2D eigenvalue weighted by Crippen LogP contribution is 2.14. The summed E-state index contributed by atoms with van der Waals surface area (Å²) in [7, 11) is -0.826. The maximum atomic E-state index is 12.3. The molecule has 1 rings (SSSR count). The van der Waals surface area contributed by atoms with Crippen LogP contribution in [-0.4, -0.2) is 22.0 Å². The largest absolute Gasteiger partial charge is 0.313 e. The molecule has 0 amide bonds. The summed E-state index contributed by atoms with van der Waals surface area (Å²) in [5.41, 5.74) is 3.67. The minimum Gasteiger partial charge on any atom is -0.313 e. The molecular weight excluding hydrogens is 242 g/mol. The number of nitrogens with one attached hydrogen (secondary N) is 1. The zero-order valence-electron chi connectivity index (χ0n) is 12.1. The van der Waals surface area contributed by atoms with E-state index in [-0.39, 0.29) is 5.25 Å². The van der Waals surface area contributed by atoms with E-state index < -0.39 is 10.8 Å². The van der Waals surface area contributed by atoms with Crippen LogP contribution in [0.4, 0.5) is 0 Å². The molecule has 18 heavy (non-hydrogen) atoms. The van der Waals surface area contributed by atoms with E-state index in [4.69, 9.17) is 0 Å². The molecule has 0 heterocycles. The summed E-state index contributed by atoms with van der Waals surface area (Å²) in [6.07, 6.45) is 0. The first-order valence-corrected chi connectivity index (χ1v) is 8.00. The van der Waals surface area contributed by atoms with Crippen LogP contribution in [0.15, 0.2) is 18.2 Å². The summed E-state index contributed by atoms with van der Waals surface area (Å²) in [5, 5.41) is 3.51. The monoisotopic (exact) mass is 267 g/mol. The molecule has 0 radical (unpaired) electrons. The van der Waals surface area contributed by atoms with Gasteiger partial charge in [-0.05, 0) is 39.8 Å². The molecule has 0 aliphatic carbocycles. The highest BCUT2D eigenvalue weighted by atomic mass is 32.2. The van der Waals surface area contributed by atoms with Crippen LogP contribution >= 0.6 is 0 Å². The van der Waals surface area contributed by atoms with Crippen molar-refractivity contribution in [3.8, 4) is 0 Å². The van der Waals surface area contributed by atoms with Crippen LogP contribution < -0.4 is 5.32 Å².